The fraction of sp³-hybridized carbons (Fsp3) is 0.318. The Kier molecular flexibility index (Phi) is 9.63. The summed E-state index contributed by atoms with van der Waals surface area (Å²) in [5.74, 6) is -2.07. The molecule has 0 saturated heterocycles. The molecule has 2 aromatic rings. The van der Waals surface area contributed by atoms with Crippen LogP contribution in [0, 0.1) is 17.0 Å². The summed E-state index contributed by atoms with van der Waals surface area (Å²) in [4.78, 5) is 46.9. The highest BCUT2D eigenvalue weighted by atomic mass is 32.2. The number of esters is 1. The van der Waals surface area contributed by atoms with Crippen molar-refractivity contribution in [2.75, 3.05) is 23.9 Å². The maximum Gasteiger partial charge on any atom is 0.418 e. The topological polar surface area (TPSA) is 128 Å². The molecule has 0 heterocycles. The normalized spacial score (nSPS) is 11.9. The van der Waals surface area contributed by atoms with Gasteiger partial charge in [-0.3, -0.25) is 19.7 Å². The molecule has 0 bridgehead atoms. The summed E-state index contributed by atoms with van der Waals surface area (Å²) in [6.45, 7) is 0.868. The second-order valence-corrected chi connectivity index (χ2v) is 8.30. The molecule has 2 aromatic carbocycles. The molecule has 2 N–H and O–H groups in total. The Morgan fingerprint density at radius 3 is 2.49 bits per heavy atom. The van der Waals surface area contributed by atoms with Crippen LogP contribution in [0.5, 0.6) is 0 Å². The number of carbonyl (C=O) groups is 3. The molecular weight excluding hydrogens is 491 g/mol. The summed E-state index contributed by atoms with van der Waals surface area (Å²) in [6, 6.07) is 7.41. The fourth-order valence-electron chi connectivity index (χ4n) is 2.93. The van der Waals surface area contributed by atoms with Gasteiger partial charge in [0.2, 0.25) is 0 Å². The quantitative estimate of drug-likeness (QED) is 0.280. The van der Waals surface area contributed by atoms with Gasteiger partial charge in [-0.1, -0.05) is 17.7 Å². The minimum Gasteiger partial charge on any atom is -0.454 e. The smallest absolute Gasteiger partial charge is 0.418 e. The van der Waals surface area contributed by atoms with Crippen molar-refractivity contribution >= 4 is 40.9 Å². The molecule has 0 unspecified atom stereocenters. The molecular formula is C22H22F3N3O6S. The number of amides is 2. The zero-order chi connectivity index (χ0) is 26.2. The third-order valence-corrected chi connectivity index (χ3v) is 5.26. The van der Waals surface area contributed by atoms with Crippen molar-refractivity contribution in [1.82, 2.24) is 5.32 Å². The Morgan fingerprint density at radius 1 is 1.17 bits per heavy atom. The summed E-state index contributed by atoms with van der Waals surface area (Å²) in [7, 11) is 0. The van der Waals surface area contributed by atoms with Crippen LogP contribution in [0.3, 0.4) is 0 Å². The molecule has 0 aromatic heterocycles. The Labute approximate surface area is 202 Å². The average Bonchev–Trinajstić information content (AvgIpc) is 2.79. The van der Waals surface area contributed by atoms with E-state index in [1.165, 1.54) is 11.8 Å². The number of hydrogen-bond donors (Lipinski definition) is 2. The minimum atomic E-state index is -4.98. The average molecular weight is 513 g/mol. The van der Waals surface area contributed by atoms with E-state index < -0.39 is 58.5 Å². The Balaban J connectivity index is 2.06. The van der Waals surface area contributed by atoms with Crippen molar-refractivity contribution in [3.8, 4) is 0 Å². The van der Waals surface area contributed by atoms with Gasteiger partial charge in [0.05, 0.1) is 16.2 Å². The van der Waals surface area contributed by atoms with Gasteiger partial charge in [-0.15, -0.1) is 0 Å². The standard InChI is InChI=1S/C22H22F3N3O6S/c1-13-4-3-5-14(10-13)20(30)27-18(8-9-35-2)21(31)34-12-19(29)26-17-7-6-15(28(32)33)11-16(17)22(23,24)25/h3-7,10-11,18H,8-9,12H2,1-2H3,(H,26,29)(H,27,30)/t18-/m1/s1. The van der Waals surface area contributed by atoms with Crippen LogP contribution in [0.2, 0.25) is 0 Å². The van der Waals surface area contributed by atoms with E-state index in [1.54, 1.807) is 37.4 Å². The van der Waals surface area contributed by atoms with E-state index in [0.29, 0.717) is 17.4 Å². The lowest BCUT2D eigenvalue weighted by Gasteiger charge is -2.18. The number of halogens is 3. The number of nitrogens with zero attached hydrogens (tertiary/aromatic N) is 1. The minimum absolute atomic E-state index is 0.194. The van der Waals surface area contributed by atoms with Gasteiger partial charge in [-0.25, -0.2) is 4.79 Å². The Bertz CT molecular complexity index is 1110. The predicted octanol–water partition coefficient (Wildman–Crippen LogP) is 3.96. The van der Waals surface area contributed by atoms with Crippen molar-refractivity contribution < 1.29 is 37.2 Å². The van der Waals surface area contributed by atoms with Gasteiger partial charge in [-0.2, -0.15) is 24.9 Å². The number of nitrogens with one attached hydrogen (secondary N) is 2. The van der Waals surface area contributed by atoms with Crippen molar-refractivity contribution in [3.63, 3.8) is 0 Å². The van der Waals surface area contributed by atoms with Gasteiger partial charge in [-0.05, 0) is 43.6 Å². The number of nitro groups is 1. The summed E-state index contributed by atoms with van der Waals surface area (Å²) >= 11 is 1.41. The van der Waals surface area contributed by atoms with Crippen LogP contribution in [0.25, 0.3) is 0 Å². The first kappa shape index (κ1) is 27.6. The molecule has 188 valence electrons. The zero-order valence-corrected chi connectivity index (χ0v) is 19.5. The number of alkyl halides is 3. The van der Waals surface area contributed by atoms with Crippen molar-refractivity contribution in [1.29, 1.82) is 0 Å². The SMILES string of the molecule is CSCC[C@@H](NC(=O)c1cccc(C)c1)C(=O)OCC(=O)Nc1ccc([N+](=O)[O-])cc1C(F)(F)F. The summed E-state index contributed by atoms with van der Waals surface area (Å²) < 4.78 is 44.7. The van der Waals surface area contributed by atoms with Gasteiger partial charge < -0.3 is 15.4 Å². The lowest BCUT2D eigenvalue weighted by Crippen LogP contribution is -2.43. The van der Waals surface area contributed by atoms with Gasteiger partial charge in [0.15, 0.2) is 6.61 Å². The molecule has 1 atom stereocenters. The van der Waals surface area contributed by atoms with E-state index in [2.05, 4.69) is 5.32 Å². The molecule has 13 heteroatoms. The first-order chi connectivity index (χ1) is 16.4. The number of nitro benzene ring substituents is 1. The van der Waals surface area contributed by atoms with E-state index in [0.717, 1.165) is 17.7 Å². The molecule has 0 radical (unpaired) electrons. The highest BCUT2D eigenvalue weighted by molar-refractivity contribution is 7.98. The Morgan fingerprint density at radius 2 is 1.89 bits per heavy atom. The van der Waals surface area contributed by atoms with Gasteiger partial charge >= 0.3 is 12.1 Å². The lowest BCUT2D eigenvalue weighted by molar-refractivity contribution is -0.385. The van der Waals surface area contributed by atoms with Gasteiger partial charge in [0.1, 0.15) is 6.04 Å². The number of thioether (sulfide) groups is 1. The van der Waals surface area contributed by atoms with Crippen molar-refractivity contribution in [3.05, 3.63) is 69.3 Å². The highest BCUT2D eigenvalue weighted by Gasteiger charge is 2.36. The number of non-ortho nitro benzene ring substituents is 1. The van der Waals surface area contributed by atoms with E-state index >= 15 is 0 Å². The van der Waals surface area contributed by atoms with Crippen molar-refractivity contribution in [2.24, 2.45) is 0 Å². The molecule has 0 fully saturated rings. The van der Waals surface area contributed by atoms with E-state index in [4.69, 9.17) is 4.74 Å². The second-order valence-electron chi connectivity index (χ2n) is 7.32. The molecule has 0 aliphatic rings. The highest BCUT2D eigenvalue weighted by Crippen LogP contribution is 2.37. The molecule has 0 aliphatic carbocycles. The molecule has 0 spiro atoms. The van der Waals surface area contributed by atoms with Crippen molar-refractivity contribution in [2.45, 2.75) is 25.6 Å². The monoisotopic (exact) mass is 513 g/mol. The number of aryl methyl sites for hydroxylation is 1. The van der Waals surface area contributed by atoms with Crippen LogP contribution >= 0.6 is 11.8 Å². The number of rotatable bonds is 10. The fourth-order valence-corrected chi connectivity index (χ4v) is 3.40. The molecule has 35 heavy (non-hydrogen) atoms. The molecule has 0 saturated carbocycles. The lowest BCUT2D eigenvalue weighted by atomic mass is 10.1. The maximum atomic E-state index is 13.3. The number of benzene rings is 2. The number of anilines is 1. The number of carbonyl (C=O) groups excluding carboxylic acids is 3. The molecule has 0 aliphatic heterocycles. The van der Waals surface area contributed by atoms with Gasteiger partial charge in [0.25, 0.3) is 17.5 Å². The molecule has 9 nitrogen and oxygen atoms in total. The number of ether oxygens (including phenoxy) is 1. The molecule has 2 amide bonds. The van der Waals surface area contributed by atoms with E-state index in [1.807, 2.05) is 5.32 Å². The van der Waals surface area contributed by atoms with Crippen LogP contribution in [-0.4, -0.2) is 47.4 Å². The third-order valence-electron chi connectivity index (χ3n) is 4.62. The maximum absolute atomic E-state index is 13.3. The Hall–Kier alpha value is -3.61. The van der Waals surface area contributed by atoms with Crippen LogP contribution in [0.1, 0.15) is 27.9 Å². The first-order valence-corrected chi connectivity index (χ1v) is 11.5. The zero-order valence-electron chi connectivity index (χ0n) is 18.7. The summed E-state index contributed by atoms with van der Waals surface area (Å²) in [6.07, 6.45) is -2.99. The van der Waals surface area contributed by atoms with E-state index in [9.17, 15) is 37.7 Å². The summed E-state index contributed by atoms with van der Waals surface area (Å²) in [5.41, 5.74) is -1.79. The molecule has 2 rings (SSSR count). The van der Waals surface area contributed by atoms with Crippen LogP contribution < -0.4 is 10.6 Å². The largest absolute Gasteiger partial charge is 0.454 e. The predicted molar refractivity (Wildman–Crippen MR) is 123 cm³/mol. The van der Waals surface area contributed by atoms with Crippen LogP contribution in [-0.2, 0) is 20.5 Å². The first-order valence-electron chi connectivity index (χ1n) is 10.1. The summed E-state index contributed by atoms with van der Waals surface area (Å²) in [5, 5.41) is 15.3. The number of hydrogen-bond acceptors (Lipinski definition) is 7. The van der Waals surface area contributed by atoms with Crippen LogP contribution in [0.15, 0.2) is 42.5 Å². The van der Waals surface area contributed by atoms with E-state index in [-0.39, 0.29) is 6.42 Å². The second kappa shape index (κ2) is 12.2. The third kappa shape index (κ3) is 8.28. The van der Waals surface area contributed by atoms with Crippen LogP contribution in [0.4, 0.5) is 24.5 Å². The van der Waals surface area contributed by atoms with Gasteiger partial charge in [0, 0.05) is 17.7 Å².